The van der Waals surface area contributed by atoms with Crippen molar-refractivity contribution in [3.8, 4) is 5.75 Å². The lowest BCUT2D eigenvalue weighted by molar-refractivity contribution is -0.141. The molecule has 1 aromatic carbocycles. The van der Waals surface area contributed by atoms with Gasteiger partial charge in [-0.2, -0.15) is 0 Å². The van der Waals surface area contributed by atoms with E-state index in [1.54, 1.807) is 12.1 Å². The van der Waals surface area contributed by atoms with Gasteiger partial charge in [-0.05, 0) is 62.6 Å². The van der Waals surface area contributed by atoms with Crippen LogP contribution in [0.1, 0.15) is 63.9 Å². The number of aromatic hydroxyl groups is 1. The molecule has 0 unspecified atom stereocenters. The Balaban J connectivity index is 2.14. The maximum absolute atomic E-state index is 12.1. The van der Waals surface area contributed by atoms with Crippen LogP contribution < -0.4 is 5.32 Å². The van der Waals surface area contributed by atoms with E-state index in [2.05, 4.69) is 73.0 Å². The van der Waals surface area contributed by atoms with E-state index < -0.39 is 12.0 Å². The largest absolute Gasteiger partial charge is 0.508 e. The minimum absolute atomic E-state index is 0.120. The van der Waals surface area contributed by atoms with Crippen LogP contribution in [0.4, 0.5) is 0 Å². The van der Waals surface area contributed by atoms with Crippen LogP contribution in [0, 0.1) is 0 Å². The molecule has 0 heterocycles. The third-order valence-corrected chi connectivity index (χ3v) is 4.94. The number of phenolic OH excluding ortho intramolecular Hbond substituents is 1. The third kappa shape index (κ3) is 15.5. The Morgan fingerprint density at radius 2 is 1.32 bits per heavy atom. The van der Waals surface area contributed by atoms with Crippen molar-refractivity contribution in [1.29, 1.82) is 0 Å². The summed E-state index contributed by atoms with van der Waals surface area (Å²) in [4.78, 5) is 23.5. The highest BCUT2D eigenvalue weighted by Crippen LogP contribution is 2.11. The molecule has 1 atom stereocenters. The molecule has 34 heavy (non-hydrogen) atoms. The third-order valence-electron chi connectivity index (χ3n) is 4.94. The number of aliphatic carboxylic acids is 1. The maximum Gasteiger partial charge on any atom is 0.326 e. The second-order valence-electron chi connectivity index (χ2n) is 7.93. The van der Waals surface area contributed by atoms with Crippen LogP contribution in [-0.2, 0) is 16.0 Å². The quantitative estimate of drug-likeness (QED) is 0.183. The van der Waals surface area contributed by atoms with E-state index in [0.29, 0.717) is 6.42 Å². The van der Waals surface area contributed by atoms with Gasteiger partial charge < -0.3 is 15.5 Å². The first kappa shape index (κ1) is 28.7. The van der Waals surface area contributed by atoms with Crippen LogP contribution in [-0.4, -0.2) is 28.1 Å². The Morgan fingerprint density at radius 3 is 1.82 bits per heavy atom. The Kier molecular flexibility index (Phi) is 16.2. The van der Waals surface area contributed by atoms with Gasteiger partial charge in [-0.3, -0.25) is 4.79 Å². The van der Waals surface area contributed by atoms with E-state index in [-0.39, 0.29) is 24.5 Å². The number of carboxylic acids is 1. The number of benzene rings is 1. The van der Waals surface area contributed by atoms with E-state index in [0.717, 1.165) is 44.1 Å². The van der Waals surface area contributed by atoms with Gasteiger partial charge in [0.25, 0.3) is 0 Å². The number of rotatable bonds is 17. The SMILES string of the molecule is CC/C=C\C/C=C\C/C=C\C/C=C\C/C=C\CCCC(=O)N[C@@H](Cc1ccc(O)cc1)C(=O)O. The summed E-state index contributed by atoms with van der Waals surface area (Å²) in [5.74, 6) is -1.22. The van der Waals surface area contributed by atoms with E-state index in [9.17, 15) is 19.8 Å². The van der Waals surface area contributed by atoms with Gasteiger partial charge in [-0.1, -0.05) is 79.8 Å². The number of hydrogen-bond donors (Lipinski definition) is 3. The molecular weight excluding hydrogens is 426 g/mol. The number of carbonyl (C=O) groups is 2. The molecule has 0 bridgehead atoms. The molecule has 184 valence electrons. The summed E-state index contributed by atoms with van der Waals surface area (Å²) in [6, 6.07) is 5.33. The molecule has 0 aliphatic rings. The minimum Gasteiger partial charge on any atom is -0.508 e. The topological polar surface area (TPSA) is 86.6 Å². The summed E-state index contributed by atoms with van der Waals surface area (Å²) < 4.78 is 0. The highest BCUT2D eigenvalue weighted by Gasteiger charge is 2.20. The van der Waals surface area contributed by atoms with Gasteiger partial charge in [0, 0.05) is 12.8 Å². The van der Waals surface area contributed by atoms with Crippen LogP contribution in [0.3, 0.4) is 0 Å². The molecule has 0 spiro atoms. The predicted octanol–water partition coefficient (Wildman–Crippen LogP) is 6.43. The smallest absolute Gasteiger partial charge is 0.326 e. The van der Waals surface area contributed by atoms with Gasteiger partial charge in [0.15, 0.2) is 0 Å². The number of hydrogen-bond acceptors (Lipinski definition) is 3. The second-order valence-corrected chi connectivity index (χ2v) is 7.93. The van der Waals surface area contributed by atoms with Gasteiger partial charge in [0.2, 0.25) is 5.91 Å². The molecule has 0 saturated carbocycles. The predicted molar refractivity (Wildman–Crippen MR) is 140 cm³/mol. The highest BCUT2D eigenvalue weighted by atomic mass is 16.4. The van der Waals surface area contributed by atoms with Crippen molar-refractivity contribution in [2.24, 2.45) is 0 Å². The zero-order chi connectivity index (χ0) is 24.9. The molecule has 5 heteroatoms. The first-order valence-electron chi connectivity index (χ1n) is 12.1. The lowest BCUT2D eigenvalue weighted by atomic mass is 10.1. The van der Waals surface area contributed by atoms with Crippen molar-refractivity contribution < 1.29 is 19.8 Å². The van der Waals surface area contributed by atoms with Crippen LogP contribution in [0.5, 0.6) is 5.75 Å². The maximum atomic E-state index is 12.1. The van der Waals surface area contributed by atoms with Crippen molar-refractivity contribution in [3.05, 3.63) is 90.6 Å². The van der Waals surface area contributed by atoms with E-state index in [4.69, 9.17) is 0 Å². The van der Waals surface area contributed by atoms with Crippen LogP contribution >= 0.6 is 0 Å². The van der Waals surface area contributed by atoms with Crippen molar-refractivity contribution in [2.75, 3.05) is 0 Å². The van der Waals surface area contributed by atoms with E-state index >= 15 is 0 Å². The summed E-state index contributed by atoms with van der Waals surface area (Å²) in [6.45, 7) is 2.14. The van der Waals surface area contributed by atoms with Gasteiger partial charge in [-0.25, -0.2) is 4.79 Å². The number of unbranched alkanes of at least 4 members (excludes halogenated alkanes) is 1. The highest BCUT2D eigenvalue weighted by molar-refractivity contribution is 5.83. The van der Waals surface area contributed by atoms with E-state index in [1.807, 2.05) is 0 Å². The number of phenols is 1. The molecule has 0 fully saturated rings. The normalized spacial score (nSPS) is 13.1. The first-order chi connectivity index (χ1) is 16.5. The lowest BCUT2D eigenvalue weighted by Crippen LogP contribution is -2.42. The molecule has 0 aliphatic carbocycles. The monoisotopic (exact) mass is 465 g/mol. The van der Waals surface area contributed by atoms with E-state index in [1.165, 1.54) is 12.1 Å². The van der Waals surface area contributed by atoms with Crippen molar-refractivity contribution >= 4 is 11.9 Å². The fraction of sp³-hybridized carbons (Fsp3) is 0.379. The summed E-state index contributed by atoms with van der Waals surface area (Å²) in [5.41, 5.74) is 0.740. The molecular formula is C29H39NO4. The average Bonchev–Trinajstić information content (AvgIpc) is 2.82. The van der Waals surface area contributed by atoms with Gasteiger partial charge in [0.05, 0.1) is 0 Å². The van der Waals surface area contributed by atoms with Gasteiger partial charge in [-0.15, -0.1) is 0 Å². The molecule has 0 aromatic heterocycles. The van der Waals surface area contributed by atoms with Crippen LogP contribution in [0.2, 0.25) is 0 Å². The van der Waals surface area contributed by atoms with Crippen molar-refractivity contribution in [2.45, 2.75) is 70.8 Å². The Morgan fingerprint density at radius 1 is 0.824 bits per heavy atom. The summed E-state index contributed by atoms with van der Waals surface area (Å²) in [5, 5.41) is 21.3. The van der Waals surface area contributed by atoms with Gasteiger partial charge in [0.1, 0.15) is 11.8 Å². The standard InChI is InChI=1S/C29H39NO4/c1-2-3-4-5-6-7-8-9-10-11-12-13-14-15-16-17-18-19-28(32)30-27(29(33)34)24-25-20-22-26(31)23-21-25/h3-4,6-7,9-10,12-13,15-16,20-23,27,31H,2,5,8,11,14,17-19,24H2,1H3,(H,30,32)(H,33,34)/b4-3-,7-6-,10-9-,13-12-,16-15-/t27-/m0/s1. The second kappa shape index (κ2) is 19.2. The first-order valence-corrected chi connectivity index (χ1v) is 12.1. The minimum atomic E-state index is -1.07. The molecule has 1 rings (SSSR count). The number of carbonyl (C=O) groups excluding carboxylic acids is 1. The fourth-order valence-corrected chi connectivity index (χ4v) is 3.08. The lowest BCUT2D eigenvalue weighted by Gasteiger charge is -2.14. The zero-order valence-corrected chi connectivity index (χ0v) is 20.2. The number of nitrogens with one attached hydrogen (secondary N) is 1. The number of allylic oxidation sites excluding steroid dienone is 10. The van der Waals surface area contributed by atoms with Crippen LogP contribution in [0.15, 0.2) is 85.0 Å². The average molecular weight is 466 g/mol. The Bertz CT molecular complexity index is 847. The summed E-state index contributed by atoms with van der Waals surface area (Å²) >= 11 is 0. The zero-order valence-electron chi connectivity index (χ0n) is 20.2. The van der Waals surface area contributed by atoms with Gasteiger partial charge >= 0.3 is 5.97 Å². The number of carboxylic acid groups (broad SMARTS) is 1. The van der Waals surface area contributed by atoms with Crippen molar-refractivity contribution in [1.82, 2.24) is 5.32 Å². The molecule has 0 aliphatic heterocycles. The number of amides is 1. The Hall–Kier alpha value is -3.34. The molecule has 0 radical (unpaired) electrons. The summed E-state index contributed by atoms with van der Waals surface area (Å²) in [6.07, 6.45) is 28.2. The molecule has 5 nitrogen and oxygen atoms in total. The molecule has 1 amide bonds. The molecule has 3 N–H and O–H groups in total. The Labute approximate surface area is 204 Å². The summed E-state index contributed by atoms with van der Waals surface area (Å²) in [7, 11) is 0. The van der Waals surface area contributed by atoms with Crippen LogP contribution in [0.25, 0.3) is 0 Å². The molecule has 1 aromatic rings. The van der Waals surface area contributed by atoms with Crippen molar-refractivity contribution in [3.63, 3.8) is 0 Å². The fourth-order valence-electron chi connectivity index (χ4n) is 3.08. The molecule has 0 saturated heterocycles.